The summed E-state index contributed by atoms with van der Waals surface area (Å²) in [6.45, 7) is 0.946. The van der Waals surface area contributed by atoms with E-state index in [1.54, 1.807) is 6.21 Å². The van der Waals surface area contributed by atoms with E-state index in [2.05, 4.69) is 4.99 Å². The summed E-state index contributed by atoms with van der Waals surface area (Å²) in [6, 6.07) is 15.6. The van der Waals surface area contributed by atoms with Gasteiger partial charge in [0, 0.05) is 52.6 Å². The van der Waals surface area contributed by atoms with Crippen LogP contribution in [0, 0.1) is 0 Å². The lowest BCUT2D eigenvalue weighted by atomic mass is 9.88. The number of hydrogen-bond acceptors (Lipinski definition) is 5. The van der Waals surface area contributed by atoms with Crippen LogP contribution in [-0.2, 0) is 16.7 Å². The maximum absolute atomic E-state index is 12.9. The third-order valence-electron chi connectivity index (χ3n) is 5.28. The fourth-order valence-electron chi connectivity index (χ4n) is 3.75. The highest BCUT2D eigenvalue weighted by atomic mass is 32.2. The molecule has 6 nitrogen and oxygen atoms in total. The van der Waals surface area contributed by atoms with Gasteiger partial charge in [0.2, 0.25) is 0 Å². The Hall–Kier alpha value is -3.16. The third kappa shape index (κ3) is 5.13. The van der Waals surface area contributed by atoms with E-state index in [0.29, 0.717) is 31.5 Å². The Bertz CT molecular complexity index is 1290. The van der Waals surface area contributed by atoms with Crippen LogP contribution in [-0.4, -0.2) is 37.3 Å². The first-order chi connectivity index (χ1) is 14.9. The molecule has 0 saturated carbocycles. The van der Waals surface area contributed by atoms with E-state index in [-0.39, 0.29) is 11.5 Å². The maximum Gasteiger partial charge on any atom is 0.191 e. The second kappa shape index (κ2) is 8.91. The van der Waals surface area contributed by atoms with Gasteiger partial charge in [-0.05, 0) is 23.4 Å². The van der Waals surface area contributed by atoms with Crippen molar-refractivity contribution in [1.29, 1.82) is 0 Å². The summed E-state index contributed by atoms with van der Waals surface area (Å²) < 4.78 is 33.8. The van der Waals surface area contributed by atoms with Gasteiger partial charge in [-0.2, -0.15) is 0 Å². The lowest BCUT2D eigenvalue weighted by Gasteiger charge is -2.15. The Morgan fingerprint density at radius 2 is 1.74 bits per heavy atom. The van der Waals surface area contributed by atoms with E-state index < -0.39 is 10.1 Å². The molecule has 0 atom stereocenters. The Morgan fingerprint density at radius 1 is 1.00 bits per heavy atom. The molecule has 31 heavy (non-hydrogen) atoms. The number of Topliss-reactive ketones (excluding diaryl/α,β-unsaturated/α-hetero) is 1. The SMILES string of the molecule is O=C1C(C/N=C/c2cc[n+](CCCCS(=O)(=O)[O-])cc2)=Cc2cccc3cccc1c23. The molecule has 0 amide bonds. The fourth-order valence-corrected chi connectivity index (χ4v) is 4.31. The average molecular weight is 435 g/mol. The minimum atomic E-state index is -4.14. The van der Waals surface area contributed by atoms with Crippen LogP contribution in [0.4, 0.5) is 0 Å². The number of aromatic nitrogens is 1. The summed E-state index contributed by atoms with van der Waals surface area (Å²) in [5, 5.41) is 2.07. The summed E-state index contributed by atoms with van der Waals surface area (Å²) >= 11 is 0. The molecule has 0 fully saturated rings. The zero-order valence-electron chi connectivity index (χ0n) is 16.9. The predicted octanol–water partition coefficient (Wildman–Crippen LogP) is 3.15. The first-order valence-corrected chi connectivity index (χ1v) is 11.7. The van der Waals surface area contributed by atoms with Crippen molar-refractivity contribution >= 4 is 39.0 Å². The highest BCUT2D eigenvalue weighted by Gasteiger charge is 2.20. The van der Waals surface area contributed by atoms with Gasteiger partial charge in [-0.1, -0.05) is 36.4 Å². The Balaban J connectivity index is 1.38. The molecule has 2 aromatic carbocycles. The number of unbranched alkanes of at least 4 members (excludes halogenated alkanes) is 1. The molecule has 0 aliphatic heterocycles. The molecule has 1 aliphatic carbocycles. The van der Waals surface area contributed by atoms with Crippen LogP contribution in [0.25, 0.3) is 16.8 Å². The number of pyridine rings is 1. The number of aryl methyl sites for hydroxylation is 1. The van der Waals surface area contributed by atoms with Gasteiger partial charge >= 0.3 is 0 Å². The van der Waals surface area contributed by atoms with Crippen LogP contribution in [0.3, 0.4) is 0 Å². The number of hydrogen-bond donors (Lipinski definition) is 0. The van der Waals surface area contributed by atoms with Crippen molar-refractivity contribution in [1.82, 2.24) is 0 Å². The zero-order chi connectivity index (χ0) is 21.8. The molecular weight excluding hydrogens is 412 g/mol. The number of nitrogens with zero attached hydrogens (tertiary/aromatic N) is 2. The smallest absolute Gasteiger partial charge is 0.191 e. The van der Waals surface area contributed by atoms with Gasteiger partial charge < -0.3 is 4.55 Å². The van der Waals surface area contributed by atoms with Crippen molar-refractivity contribution in [2.45, 2.75) is 19.4 Å². The molecule has 0 bridgehead atoms. The van der Waals surface area contributed by atoms with Crippen LogP contribution < -0.4 is 4.57 Å². The van der Waals surface area contributed by atoms with Gasteiger partial charge in [0.05, 0.1) is 16.7 Å². The highest BCUT2D eigenvalue weighted by molar-refractivity contribution is 7.85. The lowest BCUT2D eigenvalue weighted by Crippen LogP contribution is -2.32. The second-order valence-corrected chi connectivity index (χ2v) is 9.08. The van der Waals surface area contributed by atoms with Crippen LogP contribution >= 0.6 is 0 Å². The molecule has 7 heteroatoms. The first kappa shape index (κ1) is 21.1. The number of carbonyl (C=O) groups excluding carboxylic acids is 1. The van der Waals surface area contributed by atoms with Crippen molar-refractivity contribution in [3.63, 3.8) is 0 Å². The molecule has 158 valence electrons. The van der Waals surface area contributed by atoms with Crippen molar-refractivity contribution in [2.24, 2.45) is 4.99 Å². The number of rotatable bonds is 8. The summed E-state index contributed by atoms with van der Waals surface area (Å²) in [6.07, 6.45) is 8.40. The van der Waals surface area contributed by atoms with E-state index in [1.165, 1.54) is 0 Å². The third-order valence-corrected chi connectivity index (χ3v) is 6.07. The lowest BCUT2D eigenvalue weighted by molar-refractivity contribution is -0.697. The maximum atomic E-state index is 12.9. The van der Waals surface area contributed by atoms with Crippen LogP contribution in [0.15, 0.2) is 71.5 Å². The molecule has 0 N–H and O–H groups in total. The molecular formula is C24H22N2O4S. The van der Waals surface area contributed by atoms with Gasteiger partial charge in [-0.15, -0.1) is 0 Å². The summed E-state index contributed by atoms with van der Waals surface area (Å²) in [4.78, 5) is 17.3. The molecule has 0 spiro atoms. The standard InChI is InChI=1S/C24H22N2O4S/c27-24-21(15-20-7-3-5-19-6-4-8-22(24)23(19)20)17-25-16-18-9-12-26(13-10-18)11-1-2-14-31(28,29)30/h3-10,12-13,15-16H,1-2,11,14,17H2/b25-16+. The Labute approximate surface area is 181 Å². The van der Waals surface area contributed by atoms with E-state index >= 15 is 0 Å². The van der Waals surface area contributed by atoms with E-state index in [9.17, 15) is 17.8 Å². The molecule has 4 rings (SSSR count). The molecule has 1 aliphatic rings. The first-order valence-electron chi connectivity index (χ1n) is 10.1. The van der Waals surface area contributed by atoms with E-state index in [1.807, 2.05) is 71.6 Å². The minimum absolute atomic E-state index is 0.0208. The highest BCUT2D eigenvalue weighted by Crippen LogP contribution is 2.31. The molecule has 1 heterocycles. The minimum Gasteiger partial charge on any atom is -0.748 e. The van der Waals surface area contributed by atoms with Crippen molar-refractivity contribution in [3.8, 4) is 0 Å². The number of ketones is 1. The Morgan fingerprint density at radius 3 is 2.48 bits per heavy atom. The molecule has 1 aromatic heterocycles. The molecule has 0 unspecified atom stereocenters. The van der Waals surface area contributed by atoms with Gasteiger partial charge in [0.15, 0.2) is 18.2 Å². The predicted molar refractivity (Wildman–Crippen MR) is 119 cm³/mol. The summed E-state index contributed by atoms with van der Waals surface area (Å²) in [5.74, 6) is -0.307. The van der Waals surface area contributed by atoms with Crippen LogP contribution in [0.2, 0.25) is 0 Å². The fraction of sp³-hybridized carbons (Fsp3) is 0.208. The summed E-state index contributed by atoms with van der Waals surface area (Å²) in [7, 11) is -4.14. The average Bonchev–Trinajstić information content (AvgIpc) is 2.75. The quantitative estimate of drug-likeness (QED) is 0.236. The molecule has 3 aromatic rings. The van der Waals surface area contributed by atoms with E-state index in [4.69, 9.17) is 0 Å². The monoisotopic (exact) mass is 434 g/mol. The topological polar surface area (TPSA) is 90.5 Å². The normalized spacial score (nSPS) is 13.7. The largest absolute Gasteiger partial charge is 0.748 e. The number of benzene rings is 2. The van der Waals surface area contributed by atoms with Gasteiger partial charge in [0.1, 0.15) is 6.54 Å². The van der Waals surface area contributed by atoms with Crippen LogP contribution in [0.1, 0.15) is 34.3 Å². The van der Waals surface area contributed by atoms with Gasteiger partial charge in [0.25, 0.3) is 0 Å². The van der Waals surface area contributed by atoms with Crippen molar-refractivity contribution < 1.29 is 22.3 Å². The second-order valence-electron chi connectivity index (χ2n) is 7.56. The van der Waals surface area contributed by atoms with Gasteiger partial charge in [-0.25, -0.2) is 13.0 Å². The molecule has 0 saturated heterocycles. The van der Waals surface area contributed by atoms with Crippen molar-refractivity contribution in [2.75, 3.05) is 12.3 Å². The van der Waals surface area contributed by atoms with Crippen molar-refractivity contribution in [3.05, 3.63) is 83.2 Å². The Kier molecular flexibility index (Phi) is 6.06. The number of carbonyl (C=O) groups is 1. The van der Waals surface area contributed by atoms with Crippen LogP contribution in [0.5, 0.6) is 0 Å². The van der Waals surface area contributed by atoms with Gasteiger partial charge in [-0.3, -0.25) is 9.79 Å². The van der Waals surface area contributed by atoms with E-state index in [0.717, 1.165) is 27.5 Å². The molecule has 0 radical (unpaired) electrons. The number of aliphatic imine (C=N–C) groups is 1. The zero-order valence-corrected chi connectivity index (χ0v) is 17.7. The summed E-state index contributed by atoms with van der Waals surface area (Å²) in [5.41, 5.74) is 3.35.